The van der Waals surface area contributed by atoms with Gasteiger partial charge in [-0.25, -0.2) is 0 Å². The number of fused-ring (bicyclic) bond motifs is 2. The third kappa shape index (κ3) is 2.98. The molecular formula is C22H26N2O2. The van der Waals surface area contributed by atoms with Crippen LogP contribution in [0.2, 0.25) is 0 Å². The first-order valence-electron chi connectivity index (χ1n) is 9.75. The van der Waals surface area contributed by atoms with E-state index in [0.29, 0.717) is 24.3 Å². The summed E-state index contributed by atoms with van der Waals surface area (Å²) < 4.78 is 0. The Labute approximate surface area is 154 Å². The van der Waals surface area contributed by atoms with Crippen molar-refractivity contribution in [2.45, 2.75) is 38.6 Å². The first kappa shape index (κ1) is 17.1. The molecule has 2 heterocycles. The fourth-order valence-electron chi connectivity index (χ4n) is 4.65. The number of piperidine rings is 2. The molecule has 0 aliphatic carbocycles. The summed E-state index contributed by atoms with van der Waals surface area (Å²) in [5.74, 6) is 0.827. The van der Waals surface area contributed by atoms with Gasteiger partial charge in [0.05, 0.1) is 0 Å². The maximum atomic E-state index is 13.2. The quantitative estimate of drug-likeness (QED) is 0.847. The van der Waals surface area contributed by atoms with Crippen molar-refractivity contribution in [3.05, 3.63) is 48.0 Å². The highest BCUT2D eigenvalue weighted by Gasteiger charge is 2.40. The molecule has 2 atom stereocenters. The summed E-state index contributed by atoms with van der Waals surface area (Å²) in [6.45, 7) is 4.46. The minimum atomic E-state index is 0.124. The standard InChI is InChI=1S/C22H26N2O2/c1-2-13-24-20-12-14-23(15-17(20)10-11-21(24)25)22(26)19-9-5-7-16-6-3-4-8-18(16)19/h3-9,17,20H,2,10-15H2,1H3/t17-,20+/m0/s1. The Morgan fingerprint density at radius 2 is 1.92 bits per heavy atom. The number of benzene rings is 2. The highest BCUT2D eigenvalue weighted by atomic mass is 16.2. The molecule has 0 unspecified atom stereocenters. The fourth-order valence-corrected chi connectivity index (χ4v) is 4.65. The lowest BCUT2D eigenvalue weighted by atomic mass is 9.83. The van der Waals surface area contributed by atoms with Gasteiger partial charge in [-0.2, -0.15) is 0 Å². The van der Waals surface area contributed by atoms with Crippen LogP contribution in [0.15, 0.2) is 42.5 Å². The molecule has 4 nitrogen and oxygen atoms in total. The molecule has 0 radical (unpaired) electrons. The molecule has 2 amide bonds. The zero-order chi connectivity index (χ0) is 18.1. The Hall–Kier alpha value is -2.36. The number of amides is 2. The van der Waals surface area contributed by atoms with E-state index in [2.05, 4.69) is 11.8 Å². The molecule has 0 spiro atoms. The molecule has 2 fully saturated rings. The van der Waals surface area contributed by atoms with Crippen LogP contribution < -0.4 is 0 Å². The number of nitrogens with zero attached hydrogens (tertiary/aromatic N) is 2. The van der Waals surface area contributed by atoms with Crippen molar-refractivity contribution in [3.8, 4) is 0 Å². The van der Waals surface area contributed by atoms with Gasteiger partial charge in [0.25, 0.3) is 5.91 Å². The van der Waals surface area contributed by atoms with E-state index in [0.717, 1.165) is 55.2 Å². The molecule has 2 aromatic carbocycles. The van der Waals surface area contributed by atoms with Gasteiger partial charge in [0.15, 0.2) is 0 Å². The molecule has 2 saturated heterocycles. The van der Waals surface area contributed by atoms with E-state index in [-0.39, 0.29) is 5.91 Å². The van der Waals surface area contributed by atoms with Crippen LogP contribution in [0.1, 0.15) is 43.0 Å². The number of hydrogen-bond donors (Lipinski definition) is 0. The zero-order valence-electron chi connectivity index (χ0n) is 15.4. The van der Waals surface area contributed by atoms with E-state index in [1.807, 2.05) is 47.4 Å². The van der Waals surface area contributed by atoms with E-state index in [9.17, 15) is 9.59 Å². The number of carbonyl (C=O) groups is 2. The molecule has 0 aromatic heterocycles. The first-order valence-corrected chi connectivity index (χ1v) is 9.75. The van der Waals surface area contributed by atoms with Gasteiger partial charge in [0, 0.05) is 37.7 Å². The second-order valence-electron chi connectivity index (χ2n) is 7.52. The van der Waals surface area contributed by atoms with E-state index < -0.39 is 0 Å². The van der Waals surface area contributed by atoms with Crippen LogP contribution in [0, 0.1) is 5.92 Å². The smallest absolute Gasteiger partial charge is 0.254 e. The lowest BCUT2D eigenvalue weighted by Gasteiger charge is -2.47. The summed E-state index contributed by atoms with van der Waals surface area (Å²) in [5.41, 5.74) is 0.791. The maximum absolute atomic E-state index is 13.2. The molecule has 0 bridgehead atoms. The van der Waals surface area contributed by atoms with Crippen molar-refractivity contribution < 1.29 is 9.59 Å². The monoisotopic (exact) mass is 350 g/mol. The summed E-state index contributed by atoms with van der Waals surface area (Å²) in [7, 11) is 0. The van der Waals surface area contributed by atoms with Crippen molar-refractivity contribution in [1.29, 1.82) is 0 Å². The normalized spacial score (nSPS) is 23.2. The van der Waals surface area contributed by atoms with Crippen LogP contribution in [0.4, 0.5) is 0 Å². The number of likely N-dealkylation sites (tertiary alicyclic amines) is 2. The Bertz CT molecular complexity index is 827. The van der Waals surface area contributed by atoms with Crippen molar-refractivity contribution >= 4 is 22.6 Å². The maximum Gasteiger partial charge on any atom is 0.254 e. The largest absolute Gasteiger partial charge is 0.339 e. The first-order chi connectivity index (χ1) is 12.7. The topological polar surface area (TPSA) is 40.6 Å². The van der Waals surface area contributed by atoms with E-state index in [4.69, 9.17) is 0 Å². The molecule has 2 aromatic rings. The molecule has 26 heavy (non-hydrogen) atoms. The number of carbonyl (C=O) groups excluding carboxylic acids is 2. The predicted molar refractivity (Wildman–Crippen MR) is 103 cm³/mol. The van der Waals surface area contributed by atoms with Crippen LogP contribution >= 0.6 is 0 Å². The Balaban J connectivity index is 1.55. The lowest BCUT2D eigenvalue weighted by molar-refractivity contribution is -0.140. The lowest BCUT2D eigenvalue weighted by Crippen LogP contribution is -2.57. The molecule has 2 aliphatic rings. The summed E-state index contributed by atoms with van der Waals surface area (Å²) in [5, 5.41) is 2.12. The SMILES string of the molecule is CCCN1C(=O)CC[C@H]2CN(C(=O)c3cccc4ccccc34)CC[C@H]21. The van der Waals surface area contributed by atoms with E-state index in [1.165, 1.54) is 0 Å². The second kappa shape index (κ2) is 7.10. The zero-order valence-corrected chi connectivity index (χ0v) is 15.4. The molecule has 0 N–H and O–H groups in total. The Kier molecular flexibility index (Phi) is 4.66. The van der Waals surface area contributed by atoms with Gasteiger partial charge in [-0.1, -0.05) is 43.3 Å². The second-order valence-corrected chi connectivity index (χ2v) is 7.52. The van der Waals surface area contributed by atoms with Gasteiger partial charge in [-0.3, -0.25) is 9.59 Å². The van der Waals surface area contributed by atoms with Gasteiger partial charge in [0.1, 0.15) is 0 Å². The van der Waals surface area contributed by atoms with Crippen molar-refractivity contribution in [2.24, 2.45) is 5.92 Å². The Morgan fingerprint density at radius 3 is 2.77 bits per heavy atom. The van der Waals surface area contributed by atoms with Crippen molar-refractivity contribution in [3.63, 3.8) is 0 Å². The summed E-state index contributed by atoms with van der Waals surface area (Å²) in [6, 6.07) is 14.3. The van der Waals surface area contributed by atoms with Gasteiger partial charge < -0.3 is 9.80 Å². The highest BCUT2D eigenvalue weighted by Crippen LogP contribution is 2.32. The average molecular weight is 350 g/mol. The number of hydrogen-bond acceptors (Lipinski definition) is 2. The van der Waals surface area contributed by atoms with Gasteiger partial charge >= 0.3 is 0 Å². The average Bonchev–Trinajstić information content (AvgIpc) is 2.69. The predicted octanol–water partition coefficient (Wildman–Crippen LogP) is 3.70. The van der Waals surface area contributed by atoms with Crippen LogP contribution in [0.25, 0.3) is 10.8 Å². The van der Waals surface area contributed by atoms with E-state index in [1.54, 1.807) is 0 Å². The minimum absolute atomic E-state index is 0.124. The van der Waals surface area contributed by atoms with E-state index >= 15 is 0 Å². The van der Waals surface area contributed by atoms with Crippen LogP contribution in [-0.4, -0.2) is 47.3 Å². The molecule has 4 rings (SSSR count). The van der Waals surface area contributed by atoms with Gasteiger partial charge in [-0.15, -0.1) is 0 Å². The van der Waals surface area contributed by atoms with Crippen LogP contribution in [0.3, 0.4) is 0 Å². The summed E-state index contributed by atoms with van der Waals surface area (Å²) >= 11 is 0. The van der Waals surface area contributed by atoms with Gasteiger partial charge in [0.2, 0.25) is 5.91 Å². The molecule has 0 saturated carbocycles. The summed E-state index contributed by atoms with van der Waals surface area (Å²) in [4.78, 5) is 29.6. The molecule has 136 valence electrons. The van der Waals surface area contributed by atoms with Crippen LogP contribution in [-0.2, 0) is 4.79 Å². The highest BCUT2D eigenvalue weighted by molar-refractivity contribution is 6.07. The molecule has 4 heteroatoms. The third-order valence-corrected chi connectivity index (χ3v) is 5.92. The number of rotatable bonds is 3. The van der Waals surface area contributed by atoms with Crippen molar-refractivity contribution in [1.82, 2.24) is 9.80 Å². The van der Waals surface area contributed by atoms with Gasteiger partial charge in [-0.05, 0) is 42.0 Å². The summed E-state index contributed by atoms with van der Waals surface area (Å²) in [6.07, 6.45) is 3.42. The van der Waals surface area contributed by atoms with Crippen molar-refractivity contribution in [2.75, 3.05) is 19.6 Å². The molecular weight excluding hydrogens is 324 g/mol. The fraction of sp³-hybridized carbons (Fsp3) is 0.455. The Morgan fingerprint density at radius 1 is 1.12 bits per heavy atom. The molecule has 2 aliphatic heterocycles. The minimum Gasteiger partial charge on any atom is -0.339 e. The van der Waals surface area contributed by atoms with Crippen LogP contribution in [0.5, 0.6) is 0 Å². The third-order valence-electron chi connectivity index (χ3n) is 5.92.